The number of anilines is 1. The van der Waals surface area contributed by atoms with Crippen molar-refractivity contribution in [2.75, 3.05) is 18.4 Å². The number of hydrogen-bond donors (Lipinski definition) is 1. The van der Waals surface area contributed by atoms with Crippen LogP contribution < -0.4 is 5.32 Å². The largest absolute Gasteiger partial charge is 0.377 e. The van der Waals surface area contributed by atoms with E-state index >= 15 is 0 Å². The van der Waals surface area contributed by atoms with Crippen LogP contribution in [-0.4, -0.2) is 23.9 Å². The second-order valence-electron chi connectivity index (χ2n) is 5.10. The first kappa shape index (κ1) is 16.8. The van der Waals surface area contributed by atoms with Gasteiger partial charge in [-0.2, -0.15) is 5.26 Å². The van der Waals surface area contributed by atoms with Crippen LogP contribution in [0.2, 0.25) is 0 Å². The van der Waals surface area contributed by atoms with E-state index in [2.05, 4.69) is 5.32 Å². The summed E-state index contributed by atoms with van der Waals surface area (Å²) in [6.45, 7) is 11.4. The maximum absolute atomic E-state index is 12.3. The second kappa shape index (κ2) is 7.49. The van der Waals surface area contributed by atoms with Crippen LogP contribution in [0, 0.1) is 32.1 Å². The molecule has 1 amide bonds. The molecular formula is C17H23N3O. The summed E-state index contributed by atoms with van der Waals surface area (Å²) in [4.78, 5) is 14.2. The van der Waals surface area contributed by atoms with Gasteiger partial charge in [-0.15, -0.1) is 0 Å². The first-order valence-corrected chi connectivity index (χ1v) is 7.18. The Balaban J connectivity index is 3.02. The van der Waals surface area contributed by atoms with Gasteiger partial charge in [0.15, 0.2) is 0 Å². The molecule has 0 aliphatic heterocycles. The number of nitrogens with zero attached hydrogens (tertiary/aromatic N) is 2. The van der Waals surface area contributed by atoms with Crippen molar-refractivity contribution >= 4 is 11.6 Å². The number of nitrogens with one attached hydrogen (secondary N) is 1. The topological polar surface area (TPSA) is 56.1 Å². The van der Waals surface area contributed by atoms with E-state index < -0.39 is 0 Å². The molecule has 1 N–H and O–H groups in total. The molecule has 1 aromatic carbocycles. The van der Waals surface area contributed by atoms with Crippen LogP contribution in [0.25, 0.3) is 0 Å². The minimum atomic E-state index is -0.362. The first-order chi connectivity index (χ1) is 9.92. The van der Waals surface area contributed by atoms with Gasteiger partial charge in [-0.25, -0.2) is 0 Å². The molecule has 0 spiro atoms. The molecule has 0 aliphatic rings. The second-order valence-corrected chi connectivity index (χ2v) is 5.10. The van der Waals surface area contributed by atoms with E-state index in [-0.39, 0.29) is 11.5 Å². The molecule has 1 aromatic rings. The molecule has 0 radical (unpaired) electrons. The Hall–Kier alpha value is -2.28. The van der Waals surface area contributed by atoms with Gasteiger partial charge in [0.1, 0.15) is 11.6 Å². The zero-order valence-corrected chi connectivity index (χ0v) is 13.4. The van der Waals surface area contributed by atoms with Crippen LogP contribution in [-0.2, 0) is 4.79 Å². The summed E-state index contributed by atoms with van der Waals surface area (Å²) in [7, 11) is 0. The Kier molecular flexibility index (Phi) is 5.98. The molecule has 4 nitrogen and oxygen atoms in total. The van der Waals surface area contributed by atoms with Crippen molar-refractivity contribution in [3.05, 3.63) is 40.6 Å². The van der Waals surface area contributed by atoms with Crippen LogP contribution in [0.5, 0.6) is 0 Å². The van der Waals surface area contributed by atoms with E-state index in [1.807, 2.05) is 57.7 Å². The van der Waals surface area contributed by atoms with Gasteiger partial charge >= 0.3 is 0 Å². The van der Waals surface area contributed by atoms with Gasteiger partial charge in [0, 0.05) is 25.0 Å². The lowest BCUT2D eigenvalue weighted by Gasteiger charge is -2.16. The van der Waals surface area contributed by atoms with Crippen molar-refractivity contribution in [2.24, 2.45) is 0 Å². The van der Waals surface area contributed by atoms with Crippen LogP contribution >= 0.6 is 0 Å². The number of hydrogen-bond acceptors (Lipinski definition) is 3. The van der Waals surface area contributed by atoms with E-state index in [4.69, 9.17) is 0 Å². The summed E-state index contributed by atoms with van der Waals surface area (Å²) >= 11 is 0. The fourth-order valence-electron chi connectivity index (χ4n) is 2.29. The molecule has 112 valence electrons. The molecule has 21 heavy (non-hydrogen) atoms. The van der Waals surface area contributed by atoms with Crippen molar-refractivity contribution in [3.8, 4) is 6.07 Å². The van der Waals surface area contributed by atoms with Gasteiger partial charge in [-0.1, -0.05) is 17.7 Å². The Morgan fingerprint density at radius 3 is 2.19 bits per heavy atom. The summed E-state index contributed by atoms with van der Waals surface area (Å²) in [5, 5.41) is 12.0. The van der Waals surface area contributed by atoms with Crippen LogP contribution in [0.1, 0.15) is 30.5 Å². The zero-order valence-electron chi connectivity index (χ0n) is 13.4. The molecule has 1 rings (SSSR count). The minimum Gasteiger partial charge on any atom is -0.377 e. The van der Waals surface area contributed by atoms with E-state index in [1.165, 1.54) is 0 Å². The highest BCUT2D eigenvalue weighted by Crippen LogP contribution is 2.22. The molecule has 0 fully saturated rings. The maximum atomic E-state index is 12.3. The lowest BCUT2D eigenvalue weighted by molar-refractivity contribution is -0.112. The van der Waals surface area contributed by atoms with Crippen molar-refractivity contribution in [1.82, 2.24) is 4.90 Å². The highest BCUT2D eigenvalue weighted by atomic mass is 16.1. The number of nitriles is 1. The fourth-order valence-corrected chi connectivity index (χ4v) is 2.29. The molecule has 0 atom stereocenters. The van der Waals surface area contributed by atoms with Crippen molar-refractivity contribution in [1.29, 1.82) is 5.26 Å². The number of amides is 1. The standard InChI is InChI=1S/C17H23N3O/c1-6-20(7-2)11-15(10-18)17(21)19-16-13(4)8-12(3)9-14(16)5/h8-9,11H,6-7H2,1-5H3,(H,19,21)/b15-11-. The molecule has 0 unspecified atom stereocenters. The number of carbonyl (C=O) groups is 1. The van der Waals surface area contributed by atoms with Gasteiger partial charge in [-0.3, -0.25) is 4.79 Å². The van der Waals surface area contributed by atoms with Crippen LogP contribution in [0.15, 0.2) is 23.9 Å². The van der Waals surface area contributed by atoms with Crippen molar-refractivity contribution in [2.45, 2.75) is 34.6 Å². The van der Waals surface area contributed by atoms with Crippen molar-refractivity contribution in [3.63, 3.8) is 0 Å². The number of carbonyl (C=O) groups excluding carboxylic acids is 1. The molecule has 4 heteroatoms. The summed E-state index contributed by atoms with van der Waals surface area (Å²) in [6, 6.07) is 6.01. The summed E-state index contributed by atoms with van der Waals surface area (Å²) < 4.78 is 0. The third kappa shape index (κ3) is 4.35. The van der Waals surface area contributed by atoms with Gasteiger partial charge in [0.2, 0.25) is 0 Å². The summed E-state index contributed by atoms with van der Waals surface area (Å²) in [5.74, 6) is -0.362. The SMILES string of the molecule is CCN(/C=C(/C#N)C(=O)Nc1c(C)cc(C)cc1C)CC. The Bertz CT molecular complexity index is 570. The van der Waals surface area contributed by atoms with Crippen LogP contribution in [0.4, 0.5) is 5.69 Å². The summed E-state index contributed by atoms with van der Waals surface area (Å²) in [5.41, 5.74) is 4.06. The number of rotatable bonds is 5. The minimum absolute atomic E-state index is 0.123. The number of benzene rings is 1. The Labute approximate surface area is 127 Å². The Morgan fingerprint density at radius 2 is 1.76 bits per heavy atom. The predicted molar refractivity (Wildman–Crippen MR) is 85.9 cm³/mol. The average Bonchev–Trinajstić information content (AvgIpc) is 2.44. The van der Waals surface area contributed by atoms with E-state index in [0.29, 0.717) is 0 Å². The van der Waals surface area contributed by atoms with Crippen molar-refractivity contribution < 1.29 is 4.79 Å². The summed E-state index contributed by atoms with van der Waals surface area (Å²) in [6.07, 6.45) is 1.62. The van der Waals surface area contributed by atoms with Gasteiger partial charge < -0.3 is 10.2 Å². The predicted octanol–water partition coefficient (Wildman–Crippen LogP) is 3.30. The highest BCUT2D eigenvalue weighted by Gasteiger charge is 2.13. The molecule has 0 saturated carbocycles. The van der Waals surface area contributed by atoms with Gasteiger partial charge in [0.05, 0.1) is 0 Å². The molecule has 0 aromatic heterocycles. The number of aryl methyl sites for hydroxylation is 3. The lowest BCUT2D eigenvalue weighted by Crippen LogP contribution is -2.21. The molecule has 0 heterocycles. The normalized spacial score (nSPS) is 11.0. The van der Waals surface area contributed by atoms with Crippen LogP contribution in [0.3, 0.4) is 0 Å². The smallest absolute Gasteiger partial charge is 0.267 e. The molecule has 0 aliphatic carbocycles. The maximum Gasteiger partial charge on any atom is 0.267 e. The monoisotopic (exact) mass is 285 g/mol. The third-order valence-corrected chi connectivity index (χ3v) is 3.40. The van der Waals surface area contributed by atoms with E-state index in [1.54, 1.807) is 6.20 Å². The quantitative estimate of drug-likeness (QED) is 0.667. The lowest BCUT2D eigenvalue weighted by atomic mass is 10.0. The fraction of sp³-hybridized carbons (Fsp3) is 0.412. The third-order valence-electron chi connectivity index (χ3n) is 3.40. The van der Waals surface area contributed by atoms with Gasteiger partial charge in [0.25, 0.3) is 5.91 Å². The zero-order chi connectivity index (χ0) is 16.0. The highest BCUT2D eigenvalue weighted by molar-refractivity contribution is 6.07. The molecular weight excluding hydrogens is 262 g/mol. The average molecular weight is 285 g/mol. The van der Waals surface area contributed by atoms with E-state index in [0.717, 1.165) is 35.5 Å². The van der Waals surface area contributed by atoms with E-state index in [9.17, 15) is 10.1 Å². The Morgan fingerprint density at radius 1 is 1.24 bits per heavy atom. The molecule has 0 saturated heterocycles. The molecule has 0 bridgehead atoms. The first-order valence-electron chi connectivity index (χ1n) is 7.18. The van der Waals surface area contributed by atoms with Gasteiger partial charge in [-0.05, 0) is 45.7 Å².